The molecule has 0 aliphatic carbocycles. The number of unbranched alkanes of at least 4 members (excludes halogenated alkanes) is 1. The molecule has 216 valence electrons. The first kappa shape index (κ1) is 30.2. The molecule has 4 nitrogen and oxygen atoms in total. The predicted molar refractivity (Wildman–Crippen MR) is 150 cm³/mol. The first-order valence-corrected chi connectivity index (χ1v) is 15.1. The number of rotatable bonds is 10. The van der Waals surface area contributed by atoms with Crippen molar-refractivity contribution in [2.24, 2.45) is 0 Å². The quantitative estimate of drug-likeness (QED) is 0.186. The summed E-state index contributed by atoms with van der Waals surface area (Å²) in [5, 5.41) is 0. The smallest absolute Gasteiger partial charge is 0.299 e. The minimum atomic E-state index is -4.98. The van der Waals surface area contributed by atoms with Gasteiger partial charge in [-0.05, 0) is 86.2 Å². The third kappa shape index (κ3) is 6.26. The molecule has 1 fully saturated rings. The molecular formula is C31H36F4N2O2S. The molecule has 4 rings (SSSR count). The van der Waals surface area contributed by atoms with Gasteiger partial charge in [0.05, 0.1) is 10.5 Å². The lowest BCUT2D eigenvalue weighted by molar-refractivity contribution is -0.140. The fourth-order valence-corrected chi connectivity index (χ4v) is 7.16. The summed E-state index contributed by atoms with van der Waals surface area (Å²) in [7, 11) is -4.43. The third-order valence-electron chi connectivity index (χ3n) is 8.16. The molecule has 0 aromatic heterocycles. The Morgan fingerprint density at radius 2 is 1.70 bits per heavy atom. The molecule has 1 aliphatic heterocycles. The molecule has 1 heterocycles. The van der Waals surface area contributed by atoms with E-state index in [2.05, 4.69) is 68.1 Å². The van der Waals surface area contributed by atoms with Gasteiger partial charge in [-0.3, -0.25) is 4.90 Å². The monoisotopic (exact) mass is 576 g/mol. The van der Waals surface area contributed by atoms with Gasteiger partial charge in [-0.15, -0.1) is 0 Å². The van der Waals surface area contributed by atoms with Crippen LogP contribution in [0.5, 0.6) is 0 Å². The Kier molecular flexibility index (Phi) is 9.07. The summed E-state index contributed by atoms with van der Waals surface area (Å²) in [4.78, 5) is 1.43. The van der Waals surface area contributed by atoms with Gasteiger partial charge in [0, 0.05) is 31.6 Å². The van der Waals surface area contributed by atoms with E-state index in [1.165, 1.54) is 27.8 Å². The van der Waals surface area contributed by atoms with Crippen LogP contribution in [0.25, 0.3) is 11.1 Å². The Morgan fingerprint density at radius 3 is 2.33 bits per heavy atom. The minimum Gasteiger partial charge on any atom is -0.299 e. The van der Waals surface area contributed by atoms with Gasteiger partial charge < -0.3 is 0 Å². The van der Waals surface area contributed by atoms with Crippen LogP contribution in [0.3, 0.4) is 0 Å². The van der Waals surface area contributed by atoms with E-state index in [0.29, 0.717) is 30.9 Å². The Morgan fingerprint density at radius 1 is 1.00 bits per heavy atom. The van der Waals surface area contributed by atoms with Crippen molar-refractivity contribution in [3.8, 4) is 11.1 Å². The summed E-state index contributed by atoms with van der Waals surface area (Å²) >= 11 is 0. The number of sulfonamides is 1. The van der Waals surface area contributed by atoms with Gasteiger partial charge in [0.2, 0.25) is 10.0 Å². The van der Waals surface area contributed by atoms with Gasteiger partial charge in [0.15, 0.2) is 0 Å². The molecule has 0 saturated carbocycles. The van der Waals surface area contributed by atoms with Crippen molar-refractivity contribution in [2.45, 2.75) is 63.6 Å². The fraction of sp³-hybridized carbons (Fsp3) is 0.419. The van der Waals surface area contributed by atoms with Crippen LogP contribution >= 0.6 is 0 Å². The van der Waals surface area contributed by atoms with Gasteiger partial charge in [0.25, 0.3) is 0 Å². The molecule has 0 spiro atoms. The lowest BCUT2D eigenvalue weighted by Gasteiger charge is -2.47. The van der Waals surface area contributed by atoms with Crippen LogP contribution in [0, 0.1) is 19.7 Å². The summed E-state index contributed by atoms with van der Waals surface area (Å²) < 4.78 is 80.9. The van der Waals surface area contributed by atoms with Crippen LogP contribution in [0.15, 0.2) is 65.6 Å². The second kappa shape index (κ2) is 12.0. The maximum absolute atomic E-state index is 13.5. The number of likely N-dealkylation sites (tertiary alicyclic amines) is 1. The van der Waals surface area contributed by atoms with Crippen LogP contribution < -0.4 is 0 Å². The second-order valence-corrected chi connectivity index (χ2v) is 12.5. The van der Waals surface area contributed by atoms with E-state index in [0.717, 1.165) is 23.5 Å². The summed E-state index contributed by atoms with van der Waals surface area (Å²) in [6.07, 6.45) is -3.76. The molecule has 0 bridgehead atoms. The van der Waals surface area contributed by atoms with Crippen molar-refractivity contribution in [3.05, 3.63) is 88.7 Å². The predicted octanol–water partition coefficient (Wildman–Crippen LogP) is 7.41. The maximum atomic E-state index is 13.5. The van der Waals surface area contributed by atoms with Crippen molar-refractivity contribution in [2.75, 3.05) is 26.2 Å². The number of halogens is 4. The zero-order chi connectivity index (χ0) is 29.2. The summed E-state index contributed by atoms with van der Waals surface area (Å²) in [6, 6.07) is 17.1. The van der Waals surface area contributed by atoms with E-state index < -0.39 is 32.5 Å². The highest BCUT2D eigenvalue weighted by molar-refractivity contribution is 7.89. The van der Waals surface area contributed by atoms with Crippen molar-refractivity contribution < 1.29 is 26.0 Å². The molecule has 40 heavy (non-hydrogen) atoms. The average Bonchev–Trinajstić information content (AvgIpc) is 2.90. The molecule has 2 unspecified atom stereocenters. The molecular weight excluding hydrogens is 540 g/mol. The van der Waals surface area contributed by atoms with Crippen molar-refractivity contribution in [1.82, 2.24) is 9.21 Å². The van der Waals surface area contributed by atoms with Gasteiger partial charge in [0.1, 0.15) is 5.82 Å². The first-order chi connectivity index (χ1) is 18.8. The zero-order valence-corrected chi connectivity index (χ0v) is 24.1. The number of hydrogen-bond donors (Lipinski definition) is 0. The highest BCUT2D eigenvalue weighted by atomic mass is 32.2. The number of hydrogen-bond acceptors (Lipinski definition) is 3. The molecule has 9 heteroatoms. The van der Waals surface area contributed by atoms with Gasteiger partial charge in [-0.1, -0.05) is 49.4 Å². The Labute approximate surface area is 234 Å². The van der Waals surface area contributed by atoms with E-state index in [4.69, 9.17) is 0 Å². The topological polar surface area (TPSA) is 40.6 Å². The SMILES string of the molecule is CCN(CCCCN1CC(c2ccc(-c3cccc(C)c3C)cc2)C1C)S(=O)(=O)c1ccc(F)cc1C(F)(F)F. The molecule has 0 N–H and O–H groups in total. The molecule has 3 aromatic rings. The van der Waals surface area contributed by atoms with Gasteiger partial charge in [-0.25, -0.2) is 12.8 Å². The summed E-state index contributed by atoms with van der Waals surface area (Å²) in [5.74, 6) is -0.715. The third-order valence-corrected chi connectivity index (χ3v) is 10.2. The summed E-state index contributed by atoms with van der Waals surface area (Å²) in [5.41, 5.74) is 4.81. The zero-order valence-electron chi connectivity index (χ0n) is 23.3. The first-order valence-electron chi connectivity index (χ1n) is 13.6. The summed E-state index contributed by atoms with van der Waals surface area (Å²) in [6.45, 7) is 9.83. The molecule has 3 aromatic carbocycles. The number of nitrogens with zero attached hydrogens (tertiary/aromatic N) is 2. The number of alkyl halides is 3. The fourth-order valence-electron chi connectivity index (χ4n) is 5.48. The molecule has 1 aliphatic rings. The van der Waals surface area contributed by atoms with Gasteiger partial charge >= 0.3 is 6.18 Å². The standard InChI is InChI=1S/C31H36F4N2O2S/c1-5-37(40(38,39)30-16-15-26(32)19-29(30)31(33,34)35)18-7-6-17-36-20-28(23(36)4)25-13-11-24(12-14-25)27-10-8-9-21(2)22(27)3/h8-16,19,23,28H,5-7,17-18,20H2,1-4H3. The van der Waals surface area contributed by atoms with E-state index >= 15 is 0 Å². The van der Waals surface area contributed by atoms with E-state index in [1.54, 1.807) is 6.92 Å². The molecule has 2 atom stereocenters. The number of aryl methyl sites for hydroxylation is 1. The van der Waals surface area contributed by atoms with Crippen LogP contribution in [0.2, 0.25) is 0 Å². The van der Waals surface area contributed by atoms with Crippen LogP contribution in [-0.4, -0.2) is 49.8 Å². The van der Waals surface area contributed by atoms with Crippen molar-refractivity contribution >= 4 is 10.0 Å². The highest BCUT2D eigenvalue weighted by Gasteiger charge is 2.39. The largest absolute Gasteiger partial charge is 0.417 e. The lowest BCUT2D eigenvalue weighted by Crippen LogP contribution is -2.53. The number of benzene rings is 3. The molecule has 1 saturated heterocycles. The van der Waals surface area contributed by atoms with E-state index in [1.807, 2.05) is 0 Å². The molecule has 0 amide bonds. The Hall–Kier alpha value is -2.75. The Bertz CT molecular complexity index is 1440. The van der Waals surface area contributed by atoms with E-state index in [-0.39, 0.29) is 19.2 Å². The normalized spacial score (nSPS) is 18.2. The van der Waals surface area contributed by atoms with Gasteiger partial charge in [-0.2, -0.15) is 17.5 Å². The molecule has 0 radical (unpaired) electrons. The average molecular weight is 577 g/mol. The minimum absolute atomic E-state index is 0.0251. The second-order valence-electron chi connectivity index (χ2n) is 10.6. The lowest BCUT2D eigenvalue weighted by atomic mass is 9.82. The van der Waals surface area contributed by atoms with Crippen molar-refractivity contribution in [3.63, 3.8) is 0 Å². The maximum Gasteiger partial charge on any atom is 0.417 e. The van der Waals surface area contributed by atoms with Crippen LogP contribution in [0.4, 0.5) is 17.6 Å². The highest BCUT2D eigenvalue weighted by Crippen LogP contribution is 2.37. The van der Waals surface area contributed by atoms with Crippen LogP contribution in [-0.2, 0) is 16.2 Å². The Balaban J connectivity index is 1.31. The van der Waals surface area contributed by atoms with E-state index in [9.17, 15) is 26.0 Å². The van der Waals surface area contributed by atoms with Crippen molar-refractivity contribution in [1.29, 1.82) is 0 Å². The van der Waals surface area contributed by atoms with Crippen LogP contribution in [0.1, 0.15) is 54.9 Å².